The van der Waals surface area contributed by atoms with Gasteiger partial charge in [-0.05, 0) is 42.7 Å². The molecule has 204 valence electrons. The van der Waals surface area contributed by atoms with Gasteiger partial charge in [0.25, 0.3) is 0 Å². The number of rotatable bonds is 12. The van der Waals surface area contributed by atoms with Crippen LogP contribution in [0.4, 0.5) is 18.9 Å². The molecule has 0 fully saturated rings. The number of benzene rings is 2. The lowest BCUT2D eigenvalue weighted by Gasteiger charge is -2.33. The molecule has 0 bridgehead atoms. The summed E-state index contributed by atoms with van der Waals surface area (Å²) in [6.07, 6.45) is -2.11. The van der Waals surface area contributed by atoms with Gasteiger partial charge in [-0.1, -0.05) is 56.1 Å². The van der Waals surface area contributed by atoms with E-state index in [-0.39, 0.29) is 18.7 Å². The number of hydrogen-bond acceptors (Lipinski definition) is 4. The third-order valence-electron chi connectivity index (χ3n) is 5.65. The topological polar surface area (TPSA) is 86.8 Å². The lowest BCUT2D eigenvalue weighted by atomic mass is 10.1. The minimum absolute atomic E-state index is 0.0988. The van der Waals surface area contributed by atoms with Crippen LogP contribution in [0.15, 0.2) is 48.5 Å². The molecule has 1 N–H and O–H groups in total. The first-order valence-electron chi connectivity index (χ1n) is 11.7. The van der Waals surface area contributed by atoms with Gasteiger partial charge in [0.05, 0.1) is 17.5 Å². The molecule has 2 amide bonds. The second-order valence-electron chi connectivity index (χ2n) is 8.50. The fraction of sp³-hybridized carbons (Fsp3) is 0.440. The van der Waals surface area contributed by atoms with E-state index in [1.54, 1.807) is 31.2 Å². The molecule has 0 aliphatic heterocycles. The summed E-state index contributed by atoms with van der Waals surface area (Å²) >= 11 is 6.29. The molecule has 37 heavy (non-hydrogen) atoms. The van der Waals surface area contributed by atoms with Crippen molar-refractivity contribution in [3.05, 3.63) is 64.7 Å². The summed E-state index contributed by atoms with van der Waals surface area (Å²) in [5.41, 5.74) is -0.841. The third-order valence-corrected chi connectivity index (χ3v) is 7.16. The Kier molecular flexibility index (Phi) is 10.8. The van der Waals surface area contributed by atoms with Gasteiger partial charge in [0, 0.05) is 18.1 Å². The minimum Gasteiger partial charge on any atom is -0.354 e. The Labute approximate surface area is 220 Å². The van der Waals surface area contributed by atoms with Gasteiger partial charge in [0.1, 0.15) is 12.6 Å². The Morgan fingerprint density at radius 3 is 2.32 bits per heavy atom. The van der Waals surface area contributed by atoms with E-state index < -0.39 is 46.2 Å². The SMILES string of the molecule is CCCCNC(=O)C(CC)N(Cc1ccccc1Cl)C(=O)CN(c1cccc(C(F)(F)F)c1)S(C)(=O)=O. The van der Waals surface area contributed by atoms with Crippen molar-refractivity contribution in [2.24, 2.45) is 0 Å². The van der Waals surface area contributed by atoms with Crippen molar-refractivity contribution in [3.63, 3.8) is 0 Å². The number of nitrogens with one attached hydrogen (secondary N) is 1. The molecule has 0 saturated carbocycles. The first-order valence-corrected chi connectivity index (χ1v) is 14.0. The van der Waals surface area contributed by atoms with E-state index in [0.717, 1.165) is 31.2 Å². The number of sulfonamides is 1. The van der Waals surface area contributed by atoms with Gasteiger partial charge in [-0.3, -0.25) is 13.9 Å². The highest BCUT2D eigenvalue weighted by molar-refractivity contribution is 7.92. The van der Waals surface area contributed by atoms with Crippen LogP contribution in [0, 0.1) is 0 Å². The zero-order chi connectivity index (χ0) is 27.8. The van der Waals surface area contributed by atoms with Gasteiger partial charge < -0.3 is 10.2 Å². The summed E-state index contributed by atoms with van der Waals surface area (Å²) in [6.45, 7) is 3.17. The summed E-state index contributed by atoms with van der Waals surface area (Å²) in [5.74, 6) is -1.18. The van der Waals surface area contributed by atoms with E-state index in [1.807, 2.05) is 6.92 Å². The fourth-order valence-corrected chi connectivity index (χ4v) is 4.72. The van der Waals surface area contributed by atoms with Crippen molar-refractivity contribution in [1.29, 1.82) is 0 Å². The number of unbranched alkanes of at least 4 members (excludes halogenated alkanes) is 1. The molecule has 0 aliphatic rings. The van der Waals surface area contributed by atoms with Crippen LogP contribution >= 0.6 is 11.6 Å². The van der Waals surface area contributed by atoms with Crippen molar-refractivity contribution in [1.82, 2.24) is 10.2 Å². The summed E-state index contributed by atoms with van der Waals surface area (Å²) in [5, 5.41) is 3.13. The van der Waals surface area contributed by atoms with Crippen molar-refractivity contribution >= 4 is 39.1 Å². The quantitative estimate of drug-likeness (QED) is 0.375. The van der Waals surface area contributed by atoms with Crippen LogP contribution in [0.5, 0.6) is 0 Å². The van der Waals surface area contributed by atoms with Crippen molar-refractivity contribution in [3.8, 4) is 0 Å². The highest BCUT2D eigenvalue weighted by atomic mass is 35.5. The largest absolute Gasteiger partial charge is 0.416 e. The van der Waals surface area contributed by atoms with E-state index in [9.17, 15) is 31.2 Å². The number of amides is 2. The Morgan fingerprint density at radius 1 is 1.08 bits per heavy atom. The molecule has 7 nitrogen and oxygen atoms in total. The number of anilines is 1. The predicted molar refractivity (Wildman–Crippen MR) is 138 cm³/mol. The van der Waals surface area contributed by atoms with E-state index in [2.05, 4.69) is 5.32 Å². The highest BCUT2D eigenvalue weighted by Gasteiger charge is 2.34. The summed E-state index contributed by atoms with van der Waals surface area (Å²) in [7, 11) is -4.17. The Bertz CT molecular complexity index is 1190. The molecule has 0 aliphatic carbocycles. The van der Waals surface area contributed by atoms with Crippen LogP contribution in [-0.4, -0.2) is 50.5 Å². The molecule has 2 rings (SSSR count). The molecule has 2 aromatic rings. The molecule has 2 aromatic carbocycles. The Morgan fingerprint density at radius 2 is 1.76 bits per heavy atom. The Balaban J connectivity index is 2.47. The van der Waals surface area contributed by atoms with Crippen molar-refractivity contribution < 1.29 is 31.2 Å². The zero-order valence-electron chi connectivity index (χ0n) is 20.9. The molecule has 0 aromatic heterocycles. The monoisotopic (exact) mass is 561 g/mol. The predicted octanol–water partition coefficient (Wildman–Crippen LogP) is 4.85. The van der Waals surface area contributed by atoms with E-state index in [4.69, 9.17) is 11.6 Å². The summed E-state index contributed by atoms with van der Waals surface area (Å²) < 4.78 is 65.6. The highest BCUT2D eigenvalue weighted by Crippen LogP contribution is 2.32. The van der Waals surface area contributed by atoms with Crippen LogP contribution in [0.3, 0.4) is 0 Å². The van der Waals surface area contributed by atoms with Crippen LogP contribution in [0.2, 0.25) is 5.02 Å². The molecule has 12 heteroatoms. The molecule has 0 saturated heterocycles. The van der Waals surface area contributed by atoms with Crippen LogP contribution in [0.25, 0.3) is 0 Å². The van der Waals surface area contributed by atoms with Crippen LogP contribution in [-0.2, 0) is 32.3 Å². The number of carbonyl (C=O) groups excluding carboxylic acids is 2. The van der Waals surface area contributed by atoms with Gasteiger partial charge in [-0.2, -0.15) is 13.2 Å². The first kappa shape index (κ1) is 30.4. The summed E-state index contributed by atoms with van der Waals surface area (Å²) in [6, 6.07) is 9.46. The first-order chi connectivity index (χ1) is 17.3. The number of halogens is 4. The van der Waals surface area contributed by atoms with Gasteiger partial charge in [0.2, 0.25) is 21.8 Å². The summed E-state index contributed by atoms with van der Waals surface area (Å²) in [4.78, 5) is 27.8. The third kappa shape index (κ3) is 8.63. The molecule has 0 heterocycles. The second kappa shape index (κ2) is 13.1. The van der Waals surface area contributed by atoms with Crippen molar-refractivity contribution in [2.75, 3.05) is 23.7 Å². The molecule has 1 unspecified atom stereocenters. The normalized spacial score (nSPS) is 12.6. The maximum absolute atomic E-state index is 13.6. The molecule has 0 radical (unpaired) electrons. The average molecular weight is 562 g/mol. The van der Waals surface area contributed by atoms with Gasteiger partial charge >= 0.3 is 6.18 Å². The fourth-order valence-electron chi connectivity index (χ4n) is 3.69. The number of carbonyl (C=O) groups is 2. The maximum Gasteiger partial charge on any atom is 0.416 e. The molecule has 1 atom stereocenters. The smallest absolute Gasteiger partial charge is 0.354 e. The zero-order valence-corrected chi connectivity index (χ0v) is 22.5. The molecule has 0 spiro atoms. The molecular formula is C25H31ClF3N3O4S. The second-order valence-corrected chi connectivity index (χ2v) is 10.8. The lowest BCUT2D eigenvalue weighted by Crippen LogP contribution is -2.52. The number of hydrogen-bond donors (Lipinski definition) is 1. The average Bonchev–Trinajstić information content (AvgIpc) is 2.82. The minimum atomic E-state index is -4.71. The van der Waals surface area contributed by atoms with Crippen LogP contribution in [0.1, 0.15) is 44.2 Å². The van der Waals surface area contributed by atoms with Gasteiger partial charge in [-0.25, -0.2) is 8.42 Å². The van der Waals surface area contributed by atoms with Crippen LogP contribution < -0.4 is 9.62 Å². The van der Waals surface area contributed by atoms with E-state index in [0.29, 0.717) is 27.5 Å². The van der Waals surface area contributed by atoms with E-state index >= 15 is 0 Å². The number of alkyl halides is 3. The number of nitrogens with zero attached hydrogens (tertiary/aromatic N) is 2. The standard InChI is InChI=1S/C25H31ClF3N3O4S/c1-4-6-14-30-24(34)22(5-2)31(16-18-10-7-8-13-21(18)26)23(33)17-32(37(3,35)36)20-12-9-11-19(15-20)25(27,28)29/h7-13,15,22H,4-6,14,16-17H2,1-3H3,(H,30,34). The van der Waals surface area contributed by atoms with Crippen molar-refractivity contribution in [2.45, 2.75) is 51.9 Å². The molecular weight excluding hydrogens is 531 g/mol. The van der Waals surface area contributed by atoms with E-state index in [1.165, 1.54) is 11.0 Å². The lowest BCUT2D eigenvalue weighted by molar-refractivity contribution is -0.140. The Hall–Kier alpha value is -2.79. The van der Waals surface area contributed by atoms with Gasteiger partial charge in [-0.15, -0.1) is 0 Å². The maximum atomic E-state index is 13.6. The van der Waals surface area contributed by atoms with Gasteiger partial charge in [0.15, 0.2) is 0 Å².